The summed E-state index contributed by atoms with van der Waals surface area (Å²) in [6.07, 6.45) is 22.8. The third-order valence-corrected chi connectivity index (χ3v) is 4.48. The fourth-order valence-electron chi connectivity index (χ4n) is 2.99. The van der Waals surface area contributed by atoms with Crippen LogP contribution in [0.4, 0.5) is 0 Å². The van der Waals surface area contributed by atoms with E-state index < -0.39 is 5.97 Å². The summed E-state index contributed by atoms with van der Waals surface area (Å²) in [6.45, 7) is 2.27. The minimum atomic E-state index is -0.902. The molecule has 0 aromatic rings. The summed E-state index contributed by atoms with van der Waals surface area (Å²) in [5, 5.41) is 10.2. The first-order chi connectivity index (χ1) is 10.8. The second kappa shape index (κ2) is 22.4. The molecule has 0 amide bonds. The molecule has 0 unspecified atom stereocenters. The maximum absolute atomic E-state index is 10.2. The SMILES string of the molecule is CCCCCCCCCCCCCCCCCCCC(=O)[O-].[Cd+2]. The van der Waals surface area contributed by atoms with Crippen LogP contribution in [0.15, 0.2) is 0 Å². The number of hydrogen-bond acceptors (Lipinski definition) is 2. The van der Waals surface area contributed by atoms with Gasteiger partial charge in [-0.05, 0) is 12.8 Å². The Hall–Kier alpha value is 0.392. The maximum atomic E-state index is 10.2. The van der Waals surface area contributed by atoms with Gasteiger partial charge >= 0.3 is 27.3 Å². The van der Waals surface area contributed by atoms with Crippen LogP contribution in [0.3, 0.4) is 0 Å². The van der Waals surface area contributed by atoms with Gasteiger partial charge in [0.2, 0.25) is 0 Å². The van der Waals surface area contributed by atoms with Gasteiger partial charge < -0.3 is 9.90 Å². The molecule has 0 saturated heterocycles. The normalized spacial score (nSPS) is 10.5. The van der Waals surface area contributed by atoms with E-state index in [1.54, 1.807) is 0 Å². The summed E-state index contributed by atoms with van der Waals surface area (Å²) in [6, 6.07) is 0. The predicted molar refractivity (Wildman–Crippen MR) is 93.8 cm³/mol. The fourth-order valence-corrected chi connectivity index (χ4v) is 2.99. The molecule has 0 aromatic heterocycles. The minimum Gasteiger partial charge on any atom is -0.550 e. The summed E-state index contributed by atoms with van der Waals surface area (Å²) >= 11 is 0. The van der Waals surface area contributed by atoms with Gasteiger partial charge in [0.25, 0.3) is 0 Å². The van der Waals surface area contributed by atoms with Crippen molar-refractivity contribution in [3.8, 4) is 0 Å². The van der Waals surface area contributed by atoms with Crippen molar-refractivity contribution in [3.63, 3.8) is 0 Å². The van der Waals surface area contributed by atoms with E-state index in [9.17, 15) is 9.90 Å². The van der Waals surface area contributed by atoms with Crippen LogP contribution in [0.1, 0.15) is 122 Å². The van der Waals surface area contributed by atoms with Crippen molar-refractivity contribution < 1.29 is 37.2 Å². The molecule has 2 nitrogen and oxygen atoms in total. The van der Waals surface area contributed by atoms with E-state index in [1.165, 1.54) is 96.3 Å². The van der Waals surface area contributed by atoms with Crippen molar-refractivity contribution in [2.75, 3.05) is 0 Å². The topological polar surface area (TPSA) is 40.1 Å². The van der Waals surface area contributed by atoms with Gasteiger partial charge in [0, 0.05) is 5.97 Å². The van der Waals surface area contributed by atoms with E-state index in [-0.39, 0.29) is 33.7 Å². The average molecular weight is 424 g/mol. The van der Waals surface area contributed by atoms with Gasteiger partial charge in [-0.25, -0.2) is 0 Å². The molecule has 3 heteroatoms. The summed E-state index contributed by atoms with van der Waals surface area (Å²) in [7, 11) is 0. The molecule has 0 aliphatic rings. The number of rotatable bonds is 18. The zero-order valence-electron chi connectivity index (χ0n) is 15.8. The van der Waals surface area contributed by atoms with Crippen molar-refractivity contribution in [3.05, 3.63) is 0 Å². The van der Waals surface area contributed by atoms with Gasteiger partial charge in [-0.2, -0.15) is 0 Å². The van der Waals surface area contributed by atoms with Gasteiger partial charge in [-0.3, -0.25) is 0 Å². The van der Waals surface area contributed by atoms with Crippen LogP contribution >= 0.6 is 0 Å². The van der Waals surface area contributed by atoms with Gasteiger partial charge in [-0.1, -0.05) is 110 Å². The van der Waals surface area contributed by atoms with Crippen LogP contribution in [0.2, 0.25) is 0 Å². The zero-order chi connectivity index (χ0) is 16.3. The Morgan fingerprint density at radius 1 is 0.565 bits per heavy atom. The Kier molecular flexibility index (Phi) is 25.0. The van der Waals surface area contributed by atoms with E-state index in [2.05, 4.69) is 6.92 Å². The molecule has 0 rings (SSSR count). The van der Waals surface area contributed by atoms with Crippen LogP contribution in [0.25, 0.3) is 0 Å². The molecule has 0 N–H and O–H groups in total. The molecule has 0 aromatic carbocycles. The molecule has 0 aliphatic heterocycles. The number of carbonyl (C=O) groups is 1. The van der Waals surface area contributed by atoms with Crippen LogP contribution in [-0.4, -0.2) is 5.97 Å². The Balaban J connectivity index is 0. The van der Waals surface area contributed by atoms with Crippen LogP contribution < -0.4 is 5.11 Å². The molecular weight excluding hydrogens is 385 g/mol. The molecule has 0 spiro atoms. The molecule has 0 aliphatic carbocycles. The zero-order valence-corrected chi connectivity index (χ0v) is 19.8. The Labute approximate surface area is 165 Å². The molecule has 0 atom stereocenters. The second-order valence-electron chi connectivity index (χ2n) is 6.78. The first-order valence-electron chi connectivity index (χ1n) is 9.97. The van der Waals surface area contributed by atoms with Crippen molar-refractivity contribution in [1.29, 1.82) is 0 Å². The van der Waals surface area contributed by atoms with Crippen molar-refractivity contribution in [2.24, 2.45) is 0 Å². The van der Waals surface area contributed by atoms with Crippen molar-refractivity contribution >= 4 is 5.97 Å². The first kappa shape index (κ1) is 25.6. The second-order valence-corrected chi connectivity index (χ2v) is 6.78. The summed E-state index contributed by atoms with van der Waals surface area (Å²) in [4.78, 5) is 10.2. The molecule has 0 fully saturated rings. The molecule has 23 heavy (non-hydrogen) atoms. The third-order valence-electron chi connectivity index (χ3n) is 4.48. The number of aliphatic carboxylic acids is 1. The van der Waals surface area contributed by atoms with E-state index >= 15 is 0 Å². The molecule has 132 valence electrons. The molecule has 0 radical (unpaired) electrons. The monoisotopic (exact) mass is 425 g/mol. The summed E-state index contributed by atoms with van der Waals surface area (Å²) in [5.74, 6) is -0.902. The quantitative estimate of drug-likeness (QED) is 0.207. The summed E-state index contributed by atoms with van der Waals surface area (Å²) in [5.41, 5.74) is 0. The van der Waals surface area contributed by atoms with Crippen molar-refractivity contribution in [1.82, 2.24) is 0 Å². The minimum absolute atomic E-state index is 0. The average Bonchev–Trinajstić information content (AvgIpc) is 2.50. The van der Waals surface area contributed by atoms with Crippen LogP contribution in [0, 0.1) is 0 Å². The number of carbonyl (C=O) groups excluding carboxylic acids is 1. The third kappa shape index (κ3) is 24.8. The fraction of sp³-hybridized carbons (Fsp3) is 0.950. The van der Waals surface area contributed by atoms with E-state index in [4.69, 9.17) is 0 Å². The van der Waals surface area contributed by atoms with E-state index in [0.717, 1.165) is 12.8 Å². The largest absolute Gasteiger partial charge is 2.00 e. The maximum Gasteiger partial charge on any atom is 2.00 e. The van der Waals surface area contributed by atoms with E-state index in [0.29, 0.717) is 0 Å². The van der Waals surface area contributed by atoms with Crippen molar-refractivity contribution in [2.45, 2.75) is 122 Å². The molecule has 0 saturated carbocycles. The van der Waals surface area contributed by atoms with Gasteiger partial charge in [0.15, 0.2) is 0 Å². The molecular formula is C20H39CdO2+. The molecule has 0 bridgehead atoms. The van der Waals surface area contributed by atoms with Gasteiger partial charge in [0.1, 0.15) is 0 Å². The number of hydrogen-bond donors (Lipinski definition) is 0. The number of carboxylic acid groups (broad SMARTS) is 1. The number of unbranched alkanes of at least 4 members (excludes halogenated alkanes) is 16. The van der Waals surface area contributed by atoms with Crippen LogP contribution in [0.5, 0.6) is 0 Å². The van der Waals surface area contributed by atoms with Crippen LogP contribution in [-0.2, 0) is 32.1 Å². The smallest absolute Gasteiger partial charge is 0.550 e. The first-order valence-corrected chi connectivity index (χ1v) is 9.97. The Morgan fingerprint density at radius 3 is 1.09 bits per heavy atom. The molecule has 0 heterocycles. The Bertz CT molecular complexity index is 232. The number of carboxylic acids is 1. The Morgan fingerprint density at radius 2 is 0.826 bits per heavy atom. The summed E-state index contributed by atoms with van der Waals surface area (Å²) < 4.78 is 0. The van der Waals surface area contributed by atoms with Gasteiger partial charge in [-0.15, -0.1) is 0 Å². The predicted octanol–water partition coefficient (Wildman–Crippen LogP) is 5.78. The van der Waals surface area contributed by atoms with E-state index in [1.807, 2.05) is 0 Å². The van der Waals surface area contributed by atoms with Gasteiger partial charge in [0.05, 0.1) is 0 Å². The standard InChI is InChI=1S/C20H40O2.Cd/c1-2-3-4-5-6-7-8-9-10-11-12-13-14-15-16-17-18-19-20(21)22;/h2-19H2,1H3,(H,21,22);/q;+2/p-1.